The van der Waals surface area contributed by atoms with Gasteiger partial charge in [0.2, 0.25) is 0 Å². The molecule has 172 valence electrons. The van der Waals surface area contributed by atoms with Crippen molar-refractivity contribution in [3.8, 4) is 16.9 Å². The van der Waals surface area contributed by atoms with Crippen molar-refractivity contribution in [2.24, 2.45) is 0 Å². The summed E-state index contributed by atoms with van der Waals surface area (Å²) in [4.78, 5) is 14.2. The lowest BCUT2D eigenvalue weighted by atomic mass is 9.69. The van der Waals surface area contributed by atoms with E-state index in [4.69, 9.17) is 9.47 Å². The second kappa shape index (κ2) is 8.90. The smallest absolute Gasteiger partial charge is 0.309 e. The molecule has 0 amide bonds. The van der Waals surface area contributed by atoms with E-state index >= 15 is 0 Å². The Balaban J connectivity index is 1.77. The SMILES string of the molecule is COC(=O)Cc1ccc(-c2cc(OC(C)C)c3c(c2)C(C)(C)CCC3N(C)C2CC2)cc1. The number of methoxy groups -OCH3 is 1. The molecule has 0 aliphatic heterocycles. The van der Waals surface area contributed by atoms with Crippen molar-refractivity contribution in [1.82, 2.24) is 4.90 Å². The van der Waals surface area contributed by atoms with Crippen molar-refractivity contribution in [2.45, 2.75) is 83.4 Å². The molecular formula is C28H37NO3. The van der Waals surface area contributed by atoms with Gasteiger partial charge in [-0.25, -0.2) is 0 Å². The fourth-order valence-electron chi connectivity index (χ4n) is 5.02. The first kappa shape index (κ1) is 22.8. The minimum atomic E-state index is -0.216. The Hall–Kier alpha value is -2.33. The lowest BCUT2D eigenvalue weighted by Crippen LogP contribution is -2.35. The summed E-state index contributed by atoms with van der Waals surface area (Å²) in [7, 11) is 3.72. The second-order valence-corrected chi connectivity index (χ2v) is 10.4. The highest BCUT2D eigenvalue weighted by atomic mass is 16.5. The van der Waals surface area contributed by atoms with Crippen LogP contribution in [0, 0.1) is 0 Å². The Labute approximate surface area is 192 Å². The van der Waals surface area contributed by atoms with Crippen molar-refractivity contribution in [2.75, 3.05) is 14.2 Å². The van der Waals surface area contributed by atoms with Crippen LogP contribution in [0.1, 0.15) is 76.1 Å². The monoisotopic (exact) mass is 435 g/mol. The number of hydrogen-bond donors (Lipinski definition) is 0. The van der Waals surface area contributed by atoms with Gasteiger partial charge in [0.05, 0.1) is 19.6 Å². The number of ether oxygens (including phenoxy) is 2. The third-order valence-corrected chi connectivity index (χ3v) is 7.09. The molecule has 32 heavy (non-hydrogen) atoms. The first-order valence-corrected chi connectivity index (χ1v) is 11.9. The van der Waals surface area contributed by atoms with Crippen molar-refractivity contribution in [1.29, 1.82) is 0 Å². The van der Waals surface area contributed by atoms with Gasteiger partial charge in [-0.05, 0) is 80.3 Å². The van der Waals surface area contributed by atoms with Crippen LogP contribution >= 0.6 is 0 Å². The van der Waals surface area contributed by atoms with Crippen LogP contribution in [0.15, 0.2) is 36.4 Å². The van der Waals surface area contributed by atoms with Gasteiger partial charge >= 0.3 is 5.97 Å². The number of fused-ring (bicyclic) bond motifs is 1. The highest BCUT2D eigenvalue weighted by Gasteiger charge is 2.41. The quantitative estimate of drug-likeness (QED) is 0.495. The van der Waals surface area contributed by atoms with Gasteiger partial charge < -0.3 is 9.47 Å². The predicted octanol–water partition coefficient (Wildman–Crippen LogP) is 6.06. The first-order valence-electron chi connectivity index (χ1n) is 11.9. The molecule has 0 heterocycles. The van der Waals surface area contributed by atoms with E-state index in [0.29, 0.717) is 18.5 Å². The van der Waals surface area contributed by atoms with Crippen LogP contribution in [0.3, 0.4) is 0 Å². The van der Waals surface area contributed by atoms with Gasteiger partial charge in [0.1, 0.15) is 5.75 Å². The maximum Gasteiger partial charge on any atom is 0.309 e. The highest BCUT2D eigenvalue weighted by Crippen LogP contribution is 2.51. The van der Waals surface area contributed by atoms with E-state index in [1.165, 1.54) is 49.5 Å². The van der Waals surface area contributed by atoms with Crippen molar-refractivity contribution in [3.05, 3.63) is 53.1 Å². The maximum absolute atomic E-state index is 11.6. The van der Waals surface area contributed by atoms with Gasteiger partial charge in [-0.2, -0.15) is 0 Å². The fourth-order valence-corrected chi connectivity index (χ4v) is 5.02. The third kappa shape index (κ3) is 4.71. The zero-order valence-electron chi connectivity index (χ0n) is 20.4. The van der Waals surface area contributed by atoms with Crippen LogP contribution in [0.5, 0.6) is 5.75 Å². The van der Waals surface area contributed by atoms with Gasteiger partial charge in [-0.3, -0.25) is 9.69 Å². The summed E-state index contributed by atoms with van der Waals surface area (Å²) in [6, 6.07) is 14.0. The molecule has 0 radical (unpaired) electrons. The Morgan fingerprint density at radius 3 is 2.38 bits per heavy atom. The van der Waals surface area contributed by atoms with Crippen LogP contribution in [0.2, 0.25) is 0 Å². The number of carbonyl (C=O) groups is 1. The molecule has 4 rings (SSSR count). The molecule has 2 aliphatic rings. The van der Waals surface area contributed by atoms with Gasteiger partial charge in [0.15, 0.2) is 0 Å². The molecule has 1 unspecified atom stereocenters. The van der Waals surface area contributed by atoms with Crippen LogP contribution < -0.4 is 4.74 Å². The number of carbonyl (C=O) groups excluding carboxylic acids is 1. The summed E-state index contributed by atoms with van der Waals surface area (Å²) < 4.78 is 11.2. The summed E-state index contributed by atoms with van der Waals surface area (Å²) in [5.74, 6) is 0.808. The van der Waals surface area contributed by atoms with E-state index in [9.17, 15) is 4.79 Å². The Morgan fingerprint density at radius 2 is 1.78 bits per heavy atom. The van der Waals surface area contributed by atoms with Crippen LogP contribution in [0.4, 0.5) is 0 Å². The topological polar surface area (TPSA) is 38.8 Å². The molecule has 4 nitrogen and oxygen atoms in total. The van der Waals surface area contributed by atoms with Crippen LogP contribution in [-0.4, -0.2) is 37.2 Å². The Bertz CT molecular complexity index is 973. The molecule has 1 atom stereocenters. The van der Waals surface area contributed by atoms with Gasteiger partial charge in [-0.1, -0.05) is 44.2 Å². The number of esters is 1. The number of hydrogen-bond acceptors (Lipinski definition) is 4. The molecule has 1 saturated carbocycles. The molecule has 1 fully saturated rings. The molecule has 2 aliphatic carbocycles. The maximum atomic E-state index is 11.6. The summed E-state index contributed by atoms with van der Waals surface area (Å²) in [5.41, 5.74) is 6.18. The third-order valence-electron chi connectivity index (χ3n) is 7.09. The van der Waals surface area contributed by atoms with Crippen molar-refractivity contribution in [3.63, 3.8) is 0 Å². The standard InChI is InChI=1S/C28H37NO3/c1-18(2)32-25-17-21(20-9-7-19(8-10-20)15-26(30)31-6)16-23-27(25)24(13-14-28(23,3)4)29(5)22-11-12-22/h7-10,16-18,22,24H,11-15H2,1-6H3. The Morgan fingerprint density at radius 1 is 1.09 bits per heavy atom. The molecule has 2 aromatic carbocycles. The molecule has 0 saturated heterocycles. The summed E-state index contributed by atoms with van der Waals surface area (Å²) in [5, 5.41) is 0. The lowest BCUT2D eigenvalue weighted by Gasteiger charge is -2.42. The van der Waals surface area contributed by atoms with E-state index in [1.807, 2.05) is 12.1 Å². The molecule has 4 heteroatoms. The molecule has 2 aromatic rings. The van der Waals surface area contributed by atoms with E-state index in [-0.39, 0.29) is 17.5 Å². The summed E-state index contributed by atoms with van der Waals surface area (Å²) >= 11 is 0. The summed E-state index contributed by atoms with van der Waals surface area (Å²) in [6.45, 7) is 8.94. The summed E-state index contributed by atoms with van der Waals surface area (Å²) in [6.07, 6.45) is 5.37. The lowest BCUT2D eigenvalue weighted by molar-refractivity contribution is -0.139. The number of benzene rings is 2. The average molecular weight is 436 g/mol. The predicted molar refractivity (Wildman–Crippen MR) is 129 cm³/mol. The van der Waals surface area contributed by atoms with Gasteiger partial charge in [-0.15, -0.1) is 0 Å². The van der Waals surface area contributed by atoms with Crippen LogP contribution in [0.25, 0.3) is 11.1 Å². The van der Waals surface area contributed by atoms with Gasteiger partial charge in [0.25, 0.3) is 0 Å². The fraction of sp³-hybridized carbons (Fsp3) is 0.536. The normalized spacial score (nSPS) is 19.7. The average Bonchev–Trinajstić information content (AvgIpc) is 3.59. The number of rotatable bonds is 7. The minimum absolute atomic E-state index is 0.103. The Kier molecular flexibility index (Phi) is 6.35. The zero-order chi connectivity index (χ0) is 23.0. The van der Waals surface area contributed by atoms with E-state index < -0.39 is 0 Å². The largest absolute Gasteiger partial charge is 0.491 e. The van der Waals surface area contributed by atoms with Crippen molar-refractivity contribution < 1.29 is 14.3 Å². The second-order valence-electron chi connectivity index (χ2n) is 10.4. The van der Waals surface area contributed by atoms with Crippen LogP contribution in [-0.2, 0) is 21.4 Å². The molecule has 0 bridgehead atoms. The van der Waals surface area contributed by atoms with E-state index in [2.05, 4.69) is 63.9 Å². The minimum Gasteiger partial charge on any atom is -0.491 e. The van der Waals surface area contributed by atoms with E-state index in [1.54, 1.807) is 0 Å². The first-order chi connectivity index (χ1) is 15.2. The van der Waals surface area contributed by atoms with Crippen molar-refractivity contribution >= 4 is 5.97 Å². The highest BCUT2D eigenvalue weighted by molar-refractivity contribution is 5.74. The molecular weight excluding hydrogens is 398 g/mol. The van der Waals surface area contributed by atoms with E-state index in [0.717, 1.165) is 16.9 Å². The number of nitrogens with zero attached hydrogens (tertiary/aromatic N) is 1. The molecule has 0 spiro atoms. The zero-order valence-corrected chi connectivity index (χ0v) is 20.4. The van der Waals surface area contributed by atoms with Gasteiger partial charge in [0, 0.05) is 17.6 Å². The molecule has 0 N–H and O–H groups in total. The molecule has 0 aromatic heterocycles.